The van der Waals surface area contributed by atoms with Crippen LogP contribution >= 0.6 is 23.2 Å². The highest BCUT2D eigenvalue weighted by Crippen LogP contribution is 2.29. The predicted octanol–water partition coefficient (Wildman–Crippen LogP) is 5.68. The molecule has 0 aromatic heterocycles. The Balaban J connectivity index is 1.77. The zero-order valence-corrected chi connectivity index (χ0v) is 19.5. The lowest BCUT2D eigenvalue weighted by molar-refractivity contribution is -0.383. The first-order valence-corrected chi connectivity index (χ1v) is 10.5. The number of amides is 1. The highest BCUT2D eigenvalue weighted by Gasteiger charge is 2.19. The maximum atomic E-state index is 12.5. The van der Waals surface area contributed by atoms with Gasteiger partial charge in [0.1, 0.15) is 28.8 Å². The van der Waals surface area contributed by atoms with Crippen LogP contribution in [-0.4, -0.2) is 23.9 Å². The zero-order valence-electron chi connectivity index (χ0n) is 18.0. The summed E-state index contributed by atoms with van der Waals surface area (Å²) in [5, 5.41) is 23.1. The molecule has 0 atom stereocenters. The number of ether oxygens (including phenoxy) is 2. The van der Waals surface area contributed by atoms with E-state index in [1.807, 2.05) is 0 Å². The smallest absolute Gasteiger partial charge is 0.343 e. The lowest BCUT2D eigenvalue weighted by Crippen LogP contribution is -2.14. The Kier molecular flexibility index (Phi) is 8.04. The van der Waals surface area contributed by atoms with Crippen LogP contribution < -0.4 is 14.8 Å². The number of carbonyl (C=O) groups excluding carboxylic acids is 2. The second-order valence-corrected chi connectivity index (χ2v) is 7.69. The van der Waals surface area contributed by atoms with Crippen LogP contribution in [0.5, 0.6) is 11.5 Å². The molecule has 0 saturated heterocycles. The molecule has 0 aliphatic rings. The Bertz CT molecular complexity index is 1380. The van der Waals surface area contributed by atoms with Crippen LogP contribution in [0.3, 0.4) is 0 Å². The first-order valence-electron chi connectivity index (χ1n) is 9.74. The molecule has 35 heavy (non-hydrogen) atoms. The van der Waals surface area contributed by atoms with Crippen LogP contribution in [0.1, 0.15) is 15.9 Å². The molecule has 3 aromatic rings. The van der Waals surface area contributed by atoms with Crippen LogP contribution in [0.2, 0.25) is 10.0 Å². The van der Waals surface area contributed by atoms with Gasteiger partial charge in [-0.2, -0.15) is 5.26 Å². The lowest BCUT2D eigenvalue weighted by atomic mass is 10.1. The number of carbonyl (C=O) groups is 2. The quantitative estimate of drug-likeness (QED) is 0.108. The second-order valence-electron chi connectivity index (χ2n) is 6.85. The fourth-order valence-electron chi connectivity index (χ4n) is 2.84. The van der Waals surface area contributed by atoms with E-state index in [9.17, 15) is 25.0 Å². The molecular formula is C24H15Cl2N3O6. The average Bonchev–Trinajstić information content (AvgIpc) is 2.84. The summed E-state index contributed by atoms with van der Waals surface area (Å²) in [5.41, 5.74) is -0.242. The normalized spacial score (nSPS) is 10.7. The average molecular weight is 512 g/mol. The molecule has 0 aliphatic heterocycles. The van der Waals surface area contributed by atoms with E-state index < -0.39 is 22.5 Å². The summed E-state index contributed by atoms with van der Waals surface area (Å²) < 4.78 is 10.4. The standard InChI is InChI=1S/C24H15Cl2N3O6/c1-34-18-6-3-15(4-7-18)24(31)35-22-9-2-14(11-19(22)26)10-16(13-27)23(30)28-20-8-5-17(25)12-21(20)29(32)33/h2-12H,1H3,(H,28,30)/b16-10+. The van der Waals surface area contributed by atoms with Gasteiger partial charge in [-0.1, -0.05) is 29.3 Å². The number of benzene rings is 3. The zero-order chi connectivity index (χ0) is 25.5. The van der Waals surface area contributed by atoms with Crippen molar-refractivity contribution in [2.24, 2.45) is 0 Å². The number of nitro groups is 1. The number of nitrogens with zero attached hydrogens (tertiary/aromatic N) is 2. The summed E-state index contributed by atoms with van der Waals surface area (Å²) in [6.45, 7) is 0. The van der Waals surface area contributed by atoms with Gasteiger partial charge in [0.05, 0.1) is 22.6 Å². The Labute approximate surface area is 209 Å². The number of rotatable bonds is 7. The van der Waals surface area contributed by atoms with Crippen molar-refractivity contribution in [1.29, 1.82) is 5.26 Å². The molecule has 176 valence electrons. The number of esters is 1. The number of nitrogens with one attached hydrogen (secondary N) is 1. The number of nitriles is 1. The summed E-state index contributed by atoms with van der Waals surface area (Å²) in [6, 6.07) is 16.0. The highest BCUT2D eigenvalue weighted by molar-refractivity contribution is 6.32. The number of hydrogen-bond donors (Lipinski definition) is 1. The molecule has 0 fully saturated rings. The fourth-order valence-corrected chi connectivity index (χ4v) is 3.24. The maximum Gasteiger partial charge on any atom is 0.343 e. The molecule has 9 nitrogen and oxygen atoms in total. The summed E-state index contributed by atoms with van der Waals surface area (Å²) >= 11 is 12.0. The van der Waals surface area contributed by atoms with E-state index in [0.29, 0.717) is 11.3 Å². The predicted molar refractivity (Wildman–Crippen MR) is 130 cm³/mol. The topological polar surface area (TPSA) is 132 Å². The van der Waals surface area contributed by atoms with Gasteiger partial charge < -0.3 is 14.8 Å². The number of methoxy groups -OCH3 is 1. The van der Waals surface area contributed by atoms with Crippen molar-refractivity contribution in [1.82, 2.24) is 0 Å². The summed E-state index contributed by atoms with van der Waals surface area (Å²) in [4.78, 5) is 35.4. The van der Waals surface area contributed by atoms with Crippen LogP contribution in [0.4, 0.5) is 11.4 Å². The number of hydrogen-bond acceptors (Lipinski definition) is 7. The van der Waals surface area contributed by atoms with E-state index in [1.54, 1.807) is 18.2 Å². The molecule has 3 aromatic carbocycles. The van der Waals surface area contributed by atoms with E-state index in [0.717, 1.165) is 6.07 Å². The Morgan fingerprint density at radius 1 is 1.09 bits per heavy atom. The summed E-state index contributed by atoms with van der Waals surface area (Å²) in [5.74, 6) is -0.855. The minimum absolute atomic E-state index is 0.0617. The first-order chi connectivity index (χ1) is 16.7. The SMILES string of the molecule is COc1ccc(C(=O)Oc2ccc(/C=C(\C#N)C(=O)Nc3ccc(Cl)cc3[N+](=O)[O-])cc2Cl)cc1. The van der Waals surface area contributed by atoms with E-state index in [-0.39, 0.29) is 32.6 Å². The van der Waals surface area contributed by atoms with Gasteiger partial charge in [-0.15, -0.1) is 0 Å². The molecule has 11 heteroatoms. The van der Waals surface area contributed by atoms with Crippen LogP contribution in [0.15, 0.2) is 66.2 Å². The van der Waals surface area contributed by atoms with Crippen molar-refractivity contribution >= 4 is 52.5 Å². The minimum Gasteiger partial charge on any atom is -0.497 e. The van der Waals surface area contributed by atoms with E-state index in [4.69, 9.17) is 32.7 Å². The third-order valence-electron chi connectivity index (χ3n) is 4.57. The van der Waals surface area contributed by atoms with Gasteiger partial charge in [0.25, 0.3) is 11.6 Å². The van der Waals surface area contributed by atoms with Crippen molar-refractivity contribution in [3.63, 3.8) is 0 Å². The van der Waals surface area contributed by atoms with Gasteiger partial charge in [-0.05, 0) is 60.2 Å². The van der Waals surface area contributed by atoms with Crippen molar-refractivity contribution in [3.05, 3.63) is 97.5 Å². The van der Waals surface area contributed by atoms with Gasteiger partial charge >= 0.3 is 5.97 Å². The van der Waals surface area contributed by atoms with Gasteiger partial charge in [-0.25, -0.2) is 4.79 Å². The van der Waals surface area contributed by atoms with Crippen molar-refractivity contribution < 1.29 is 24.0 Å². The minimum atomic E-state index is -0.871. The Hall–Kier alpha value is -4.39. The van der Waals surface area contributed by atoms with Gasteiger partial charge in [0, 0.05) is 11.1 Å². The van der Waals surface area contributed by atoms with Crippen LogP contribution in [0.25, 0.3) is 6.08 Å². The first kappa shape index (κ1) is 25.2. The van der Waals surface area contributed by atoms with Crippen LogP contribution in [0, 0.1) is 21.4 Å². The Morgan fingerprint density at radius 2 is 1.80 bits per heavy atom. The van der Waals surface area contributed by atoms with Crippen molar-refractivity contribution in [3.8, 4) is 17.6 Å². The summed E-state index contributed by atoms with van der Waals surface area (Å²) in [7, 11) is 1.51. The molecule has 0 aliphatic carbocycles. The molecular weight excluding hydrogens is 497 g/mol. The van der Waals surface area contributed by atoms with E-state index in [2.05, 4.69) is 5.32 Å². The number of anilines is 1. The molecule has 1 amide bonds. The monoisotopic (exact) mass is 511 g/mol. The lowest BCUT2D eigenvalue weighted by Gasteiger charge is -2.08. The van der Waals surface area contributed by atoms with E-state index >= 15 is 0 Å². The van der Waals surface area contributed by atoms with E-state index in [1.165, 1.54) is 55.7 Å². The number of nitro benzene ring substituents is 1. The molecule has 0 saturated carbocycles. The van der Waals surface area contributed by atoms with Crippen molar-refractivity contribution in [2.45, 2.75) is 0 Å². The van der Waals surface area contributed by atoms with Crippen LogP contribution in [-0.2, 0) is 4.79 Å². The second kappa shape index (κ2) is 11.2. The largest absolute Gasteiger partial charge is 0.497 e. The molecule has 0 radical (unpaired) electrons. The Morgan fingerprint density at radius 3 is 2.40 bits per heavy atom. The third-order valence-corrected chi connectivity index (χ3v) is 5.10. The molecule has 0 spiro atoms. The van der Waals surface area contributed by atoms with Crippen molar-refractivity contribution in [2.75, 3.05) is 12.4 Å². The summed E-state index contributed by atoms with van der Waals surface area (Å²) in [6.07, 6.45) is 1.23. The number of halogens is 2. The highest BCUT2D eigenvalue weighted by atomic mass is 35.5. The van der Waals surface area contributed by atoms with Gasteiger partial charge in [0.2, 0.25) is 0 Å². The molecule has 0 heterocycles. The maximum absolute atomic E-state index is 12.5. The van der Waals surface area contributed by atoms with Gasteiger partial charge in [0.15, 0.2) is 0 Å². The molecule has 0 bridgehead atoms. The molecule has 3 rings (SSSR count). The fraction of sp³-hybridized carbons (Fsp3) is 0.0417. The molecule has 1 N–H and O–H groups in total. The molecule has 0 unspecified atom stereocenters. The van der Waals surface area contributed by atoms with Gasteiger partial charge in [-0.3, -0.25) is 14.9 Å². The third kappa shape index (κ3) is 6.35.